The highest BCUT2D eigenvalue weighted by Gasteiger charge is 2.45. The van der Waals surface area contributed by atoms with E-state index in [9.17, 15) is 21.2 Å². The lowest BCUT2D eigenvalue weighted by Gasteiger charge is -2.37. The summed E-state index contributed by atoms with van der Waals surface area (Å²) in [4.78, 5) is 0.245. The summed E-state index contributed by atoms with van der Waals surface area (Å²) in [5.41, 5.74) is -0.940. The summed E-state index contributed by atoms with van der Waals surface area (Å²) in [5, 5.41) is 5.82. The number of sulfone groups is 2. The van der Waals surface area contributed by atoms with E-state index in [-0.39, 0.29) is 17.9 Å². The zero-order valence-corrected chi connectivity index (χ0v) is 17.5. The van der Waals surface area contributed by atoms with Crippen molar-refractivity contribution in [2.24, 2.45) is 0 Å². The average molecular weight is 431 g/mol. The molecule has 3 atom stereocenters. The predicted octanol–water partition coefficient (Wildman–Crippen LogP) is 2.89. The van der Waals surface area contributed by atoms with Crippen molar-refractivity contribution < 1.29 is 26.0 Å². The van der Waals surface area contributed by atoms with Crippen LogP contribution < -0.4 is 0 Å². The summed E-state index contributed by atoms with van der Waals surface area (Å²) in [6.45, 7) is 4.60. The van der Waals surface area contributed by atoms with Gasteiger partial charge in [-0.05, 0) is 51.3 Å². The number of rotatable bonds is 5. The molecule has 1 aromatic heterocycles. The van der Waals surface area contributed by atoms with Crippen LogP contribution in [-0.2, 0) is 24.4 Å². The molecule has 3 rings (SSSR count). The second kappa shape index (κ2) is 7.23. The number of aromatic amines is 1. The number of alkyl halides is 1. The molecule has 2 heterocycles. The van der Waals surface area contributed by atoms with Gasteiger partial charge in [0.2, 0.25) is 15.3 Å². The largest absolute Gasteiger partial charge is 0.372 e. The Bertz CT molecular complexity index is 1080. The number of benzene rings is 1. The van der Waals surface area contributed by atoms with Gasteiger partial charge in [0, 0.05) is 12.7 Å². The fourth-order valence-electron chi connectivity index (χ4n) is 3.28. The van der Waals surface area contributed by atoms with Crippen molar-refractivity contribution in [2.75, 3.05) is 6.61 Å². The van der Waals surface area contributed by atoms with Gasteiger partial charge >= 0.3 is 0 Å². The van der Waals surface area contributed by atoms with Crippen LogP contribution in [0.5, 0.6) is 0 Å². The van der Waals surface area contributed by atoms with E-state index in [2.05, 4.69) is 10.2 Å². The Morgan fingerprint density at radius 1 is 1.29 bits per heavy atom. The van der Waals surface area contributed by atoms with Crippen molar-refractivity contribution in [3.8, 4) is 0 Å². The van der Waals surface area contributed by atoms with E-state index in [0.29, 0.717) is 12.1 Å². The van der Waals surface area contributed by atoms with Gasteiger partial charge in [-0.2, -0.15) is 5.10 Å². The Labute approximate surface area is 164 Å². The number of aromatic nitrogens is 2. The maximum Gasteiger partial charge on any atom is 0.229 e. The summed E-state index contributed by atoms with van der Waals surface area (Å²) >= 11 is 0. The first kappa shape index (κ1) is 20.9. The smallest absolute Gasteiger partial charge is 0.229 e. The number of H-pyrrole nitrogens is 1. The number of hydrogen-bond donors (Lipinski definition) is 1. The molecule has 1 N–H and O–H groups in total. The van der Waals surface area contributed by atoms with Crippen molar-refractivity contribution in [1.29, 1.82) is 0 Å². The minimum absolute atomic E-state index is 0.121. The lowest BCUT2D eigenvalue weighted by atomic mass is 9.95. The molecule has 154 valence electrons. The Hall–Kier alpha value is -1.78. The molecule has 0 saturated carbocycles. The number of ether oxygens (including phenoxy) is 1. The Morgan fingerprint density at radius 2 is 2.00 bits per heavy atom. The molecular formula is C18H23FN2O5S2. The number of nitrogens with zero attached hydrogens (tertiary/aromatic N) is 1. The summed E-state index contributed by atoms with van der Waals surface area (Å²) in [7, 11) is -7.84. The van der Waals surface area contributed by atoms with Gasteiger partial charge in [-0.3, -0.25) is 5.10 Å². The molecule has 28 heavy (non-hydrogen) atoms. The van der Waals surface area contributed by atoms with Crippen LogP contribution >= 0.6 is 0 Å². The standard InChI is InChI=1S/C18H23FN2O5S2/c1-12-5-4-6-14(9-12)28(24,25)18(3)7-8-26-16(11-18)15-10-17(21-20-15)27(22,23)13(2)19/h4-6,9-10,13,16H,7-8,11H2,1-3H3,(H,20,21)/t13?,16-,18+/m0/s1. The molecule has 0 radical (unpaired) electrons. The third kappa shape index (κ3) is 3.60. The van der Waals surface area contributed by atoms with Crippen LogP contribution in [0.1, 0.15) is 44.1 Å². The zero-order valence-electron chi connectivity index (χ0n) is 15.8. The quantitative estimate of drug-likeness (QED) is 0.782. The van der Waals surface area contributed by atoms with Gasteiger partial charge in [0.05, 0.1) is 15.3 Å². The summed E-state index contributed by atoms with van der Waals surface area (Å²) in [6, 6.07) is 7.94. The highest BCUT2D eigenvalue weighted by Crippen LogP contribution is 2.41. The first-order chi connectivity index (χ1) is 13.0. The molecule has 1 aliphatic heterocycles. The van der Waals surface area contributed by atoms with Gasteiger partial charge < -0.3 is 4.74 Å². The van der Waals surface area contributed by atoms with E-state index < -0.39 is 41.1 Å². The monoisotopic (exact) mass is 430 g/mol. The van der Waals surface area contributed by atoms with Gasteiger partial charge in [0.1, 0.15) is 6.10 Å². The average Bonchev–Trinajstić information content (AvgIpc) is 3.12. The van der Waals surface area contributed by atoms with Crippen LogP contribution in [0, 0.1) is 6.92 Å². The van der Waals surface area contributed by atoms with Crippen molar-refractivity contribution in [2.45, 2.75) is 59.9 Å². The lowest BCUT2D eigenvalue weighted by molar-refractivity contribution is -0.00221. The lowest BCUT2D eigenvalue weighted by Crippen LogP contribution is -2.42. The maximum atomic E-state index is 13.4. The third-order valence-electron chi connectivity index (χ3n) is 5.16. The van der Waals surface area contributed by atoms with E-state index >= 15 is 0 Å². The maximum absolute atomic E-state index is 13.4. The molecule has 2 aromatic rings. The molecule has 0 spiro atoms. The SMILES string of the molecule is Cc1cccc(S(=O)(=O)[C@]2(C)CCO[C@H](c3cc(S(=O)(=O)C(C)F)n[nH]3)C2)c1. The van der Waals surface area contributed by atoms with Crippen molar-refractivity contribution in [3.05, 3.63) is 41.6 Å². The summed E-state index contributed by atoms with van der Waals surface area (Å²) in [6.07, 6.45) is -0.263. The highest BCUT2D eigenvalue weighted by molar-refractivity contribution is 7.92. The molecule has 1 aromatic carbocycles. The van der Waals surface area contributed by atoms with Gasteiger partial charge in [0.25, 0.3) is 0 Å². The second-order valence-corrected chi connectivity index (χ2v) is 12.0. The van der Waals surface area contributed by atoms with E-state index in [1.54, 1.807) is 25.1 Å². The topological polar surface area (TPSA) is 106 Å². The Balaban J connectivity index is 1.91. The first-order valence-electron chi connectivity index (χ1n) is 8.83. The fraction of sp³-hybridized carbons (Fsp3) is 0.500. The molecule has 1 unspecified atom stereocenters. The summed E-state index contributed by atoms with van der Waals surface area (Å²) < 4.78 is 68.3. The van der Waals surface area contributed by atoms with Crippen molar-refractivity contribution >= 4 is 19.7 Å². The zero-order chi connectivity index (χ0) is 20.7. The van der Waals surface area contributed by atoms with Crippen LogP contribution in [-0.4, -0.2) is 43.9 Å². The minimum atomic E-state index is -4.18. The molecular weight excluding hydrogens is 407 g/mol. The minimum Gasteiger partial charge on any atom is -0.372 e. The molecule has 1 saturated heterocycles. The van der Waals surface area contributed by atoms with E-state index in [4.69, 9.17) is 4.74 Å². The molecule has 0 amide bonds. The van der Waals surface area contributed by atoms with Crippen molar-refractivity contribution in [1.82, 2.24) is 10.2 Å². The Kier molecular flexibility index (Phi) is 5.41. The third-order valence-corrected chi connectivity index (χ3v) is 9.35. The van der Waals surface area contributed by atoms with Gasteiger partial charge in [-0.25, -0.2) is 21.2 Å². The molecule has 1 aliphatic rings. The van der Waals surface area contributed by atoms with Gasteiger partial charge in [-0.15, -0.1) is 0 Å². The molecule has 7 nitrogen and oxygen atoms in total. The predicted molar refractivity (Wildman–Crippen MR) is 101 cm³/mol. The van der Waals surface area contributed by atoms with E-state index in [1.165, 1.54) is 6.07 Å². The van der Waals surface area contributed by atoms with Gasteiger partial charge in [0.15, 0.2) is 14.9 Å². The number of hydrogen-bond acceptors (Lipinski definition) is 6. The fourth-order valence-corrected chi connectivity index (χ4v) is 5.96. The molecule has 0 aliphatic carbocycles. The van der Waals surface area contributed by atoms with Crippen LogP contribution in [0.25, 0.3) is 0 Å². The van der Waals surface area contributed by atoms with Crippen molar-refractivity contribution in [3.63, 3.8) is 0 Å². The molecule has 0 bridgehead atoms. The Morgan fingerprint density at radius 3 is 2.64 bits per heavy atom. The second-order valence-electron chi connectivity index (χ2n) is 7.33. The van der Waals surface area contributed by atoms with Crippen LogP contribution in [0.2, 0.25) is 0 Å². The number of nitrogens with one attached hydrogen (secondary N) is 1. The van der Waals surface area contributed by atoms with Crippen LogP contribution in [0.15, 0.2) is 40.3 Å². The van der Waals surface area contributed by atoms with E-state index in [1.807, 2.05) is 13.0 Å². The van der Waals surface area contributed by atoms with Crippen LogP contribution in [0.3, 0.4) is 0 Å². The molecule has 1 fully saturated rings. The highest BCUT2D eigenvalue weighted by atomic mass is 32.2. The first-order valence-corrected chi connectivity index (χ1v) is 11.9. The summed E-state index contributed by atoms with van der Waals surface area (Å²) in [5.74, 6) is 0. The van der Waals surface area contributed by atoms with E-state index in [0.717, 1.165) is 12.5 Å². The number of aryl methyl sites for hydroxylation is 1. The van der Waals surface area contributed by atoms with Gasteiger partial charge in [-0.1, -0.05) is 12.1 Å². The normalized spacial score (nSPS) is 24.8. The molecule has 10 heteroatoms. The van der Waals surface area contributed by atoms with Crippen LogP contribution in [0.4, 0.5) is 4.39 Å². The number of halogens is 1.